The summed E-state index contributed by atoms with van der Waals surface area (Å²) in [4.78, 5) is 6.82. The van der Waals surface area contributed by atoms with E-state index in [0.29, 0.717) is 5.92 Å². The van der Waals surface area contributed by atoms with E-state index < -0.39 is 0 Å². The molecule has 3 rings (SSSR count). The number of rotatable bonds is 5. The molecule has 0 saturated carbocycles. The highest BCUT2D eigenvalue weighted by Crippen LogP contribution is 2.20. The van der Waals surface area contributed by atoms with Gasteiger partial charge in [0.25, 0.3) is 0 Å². The van der Waals surface area contributed by atoms with Crippen LogP contribution in [0.2, 0.25) is 5.02 Å². The Morgan fingerprint density at radius 1 is 1.30 bits per heavy atom. The molecule has 1 unspecified atom stereocenters. The number of nitrogens with one attached hydrogen (secondary N) is 1. The van der Waals surface area contributed by atoms with Crippen LogP contribution in [-0.2, 0) is 6.42 Å². The summed E-state index contributed by atoms with van der Waals surface area (Å²) >= 11 is 5.90. The number of anilines is 2. The van der Waals surface area contributed by atoms with Gasteiger partial charge in [-0.3, -0.25) is 0 Å². The lowest BCUT2D eigenvalue weighted by Crippen LogP contribution is -2.35. The first kappa shape index (κ1) is 16.0. The molecule has 1 saturated heterocycles. The highest BCUT2D eigenvalue weighted by atomic mass is 35.5. The lowest BCUT2D eigenvalue weighted by atomic mass is 10.0. The molecule has 0 radical (unpaired) electrons. The molecule has 23 heavy (non-hydrogen) atoms. The van der Waals surface area contributed by atoms with E-state index in [1.54, 1.807) is 6.20 Å². The summed E-state index contributed by atoms with van der Waals surface area (Å²) in [5.74, 6) is 2.20. The van der Waals surface area contributed by atoms with Gasteiger partial charge < -0.3 is 10.2 Å². The van der Waals surface area contributed by atoms with E-state index in [9.17, 15) is 0 Å². The van der Waals surface area contributed by atoms with Gasteiger partial charge in [0.2, 0.25) is 5.95 Å². The van der Waals surface area contributed by atoms with Crippen molar-refractivity contribution in [2.75, 3.05) is 29.9 Å². The van der Waals surface area contributed by atoms with E-state index in [1.807, 2.05) is 24.3 Å². The average Bonchev–Trinajstić information content (AvgIpc) is 2.57. The van der Waals surface area contributed by atoms with Gasteiger partial charge >= 0.3 is 0 Å². The SMILES string of the molecule is CC1CCCN(c2nncc(NCCc3ccc(Cl)cc3)n2)C1. The van der Waals surface area contributed by atoms with E-state index in [0.717, 1.165) is 42.8 Å². The first-order chi connectivity index (χ1) is 11.2. The van der Waals surface area contributed by atoms with Crippen molar-refractivity contribution in [3.63, 3.8) is 0 Å². The first-order valence-corrected chi connectivity index (χ1v) is 8.51. The van der Waals surface area contributed by atoms with Crippen molar-refractivity contribution in [2.45, 2.75) is 26.2 Å². The highest BCUT2D eigenvalue weighted by Gasteiger charge is 2.19. The largest absolute Gasteiger partial charge is 0.368 e. The van der Waals surface area contributed by atoms with E-state index in [-0.39, 0.29) is 0 Å². The van der Waals surface area contributed by atoms with Crippen molar-refractivity contribution in [3.8, 4) is 0 Å². The molecule has 6 heteroatoms. The second-order valence-corrected chi connectivity index (χ2v) is 6.57. The Bertz CT molecular complexity index is 631. The summed E-state index contributed by atoms with van der Waals surface area (Å²) in [6.45, 7) is 5.10. The number of benzene rings is 1. The summed E-state index contributed by atoms with van der Waals surface area (Å²) in [7, 11) is 0. The Morgan fingerprint density at radius 3 is 2.91 bits per heavy atom. The van der Waals surface area contributed by atoms with Gasteiger partial charge in [-0.15, -0.1) is 5.10 Å². The van der Waals surface area contributed by atoms with Crippen LogP contribution in [0.4, 0.5) is 11.8 Å². The van der Waals surface area contributed by atoms with Gasteiger partial charge in [0.15, 0.2) is 5.82 Å². The summed E-state index contributed by atoms with van der Waals surface area (Å²) < 4.78 is 0. The topological polar surface area (TPSA) is 53.9 Å². The van der Waals surface area contributed by atoms with Crippen LogP contribution >= 0.6 is 11.6 Å². The zero-order valence-corrected chi connectivity index (χ0v) is 14.1. The van der Waals surface area contributed by atoms with Crippen molar-refractivity contribution in [1.29, 1.82) is 0 Å². The van der Waals surface area contributed by atoms with Crippen molar-refractivity contribution in [1.82, 2.24) is 15.2 Å². The van der Waals surface area contributed by atoms with Gasteiger partial charge in [0, 0.05) is 24.7 Å². The number of nitrogens with zero attached hydrogens (tertiary/aromatic N) is 4. The molecule has 122 valence electrons. The summed E-state index contributed by atoms with van der Waals surface area (Å²) in [6, 6.07) is 7.92. The van der Waals surface area contributed by atoms with Crippen molar-refractivity contribution < 1.29 is 0 Å². The fourth-order valence-corrected chi connectivity index (χ4v) is 3.00. The maximum Gasteiger partial charge on any atom is 0.247 e. The van der Waals surface area contributed by atoms with Crippen LogP contribution in [0.1, 0.15) is 25.3 Å². The van der Waals surface area contributed by atoms with E-state index in [4.69, 9.17) is 11.6 Å². The van der Waals surface area contributed by atoms with Gasteiger partial charge in [-0.25, -0.2) is 0 Å². The summed E-state index contributed by atoms with van der Waals surface area (Å²) in [6.07, 6.45) is 5.07. The standard InChI is InChI=1S/C17H22ClN5/c1-13-3-2-10-23(12-13)17-21-16(11-20-22-17)19-9-8-14-4-6-15(18)7-5-14/h4-7,11,13H,2-3,8-10,12H2,1H3,(H,19,21,22). The fourth-order valence-electron chi connectivity index (χ4n) is 2.87. The maximum absolute atomic E-state index is 5.90. The Balaban J connectivity index is 1.56. The summed E-state index contributed by atoms with van der Waals surface area (Å²) in [5.41, 5.74) is 1.24. The zero-order chi connectivity index (χ0) is 16.1. The van der Waals surface area contributed by atoms with Gasteiger partial charge in [-0.1, -0.05) is 30.7 Å². The predicted molar refractivity (Wildman–Crippen MR) is 94.1 cm³/mol. The minimum absolute atomic E-state index is 0.689. The number of piperidine rings is 1. The van der Waals surface area contributed by atoms with Crippen molar-refractivity contribution >= 4 is 23.4 Å². The lowest BCUT2D eigenvalue weighted by Gasteiger charge is -2.30. The van der Waals surface area contributed by atoms with Crippen LogP contribution in [0.15, 0.2) is 30.5 Å². The first-order valence-electron chi connectivity index (χ1n) is 8.14. The quantitative estimate of drug-likeness (QED) is 0.909. The average molecular weight is 332 g/mol. The predicted octanol–water partition coefficient (Wildman–Crippen LogP) is 3.42. The number of halogens is 1. The summed E-state index contributed by atoms with van der Waals surface area (Å²) in [5, 5.41) is 12.4. The van der Waals surface area contributed by atoms with Gasteiger partial charge in [0.1, 0.15) is 0 Å². The molecule has 1 aromatic heterocycles. The molecule has 0 aliphatic carbocycles. The van der Waals surface area contributed by atoms with Gasteiger partial charge in [-0.2, -0.15) is 10.1 Å². The number of hydrogen-bond donors (Lipinski definition) is 1. The Labute approximate surface area is 142 Å². The maximum atomic E-state index is 5.90. The van der Waals surface area contributed by atoms with Crippen LogP contribution in [0.25, 0.3) is 0 Å². The second-order valence-electron chi connectivity index (χ2n) is 6.14. The third-order valence-electron chi connectivity index (χ3n) is 4.12. The Kier molecular flexibility index (Phi) is 5.28. The van der Waals surface area contributed by atoms with E-state index >= 15 is 0 Å². The molecule has 1 aliphatic rings. The van der Waals surface area contributed by atoms with E-state index in [1.165, 1.54) is 18.4 Å². The van der Waals surface area contributed by atoms with Crippen LogP contribution in [0.3, 0.4) is 0 Å². The lowest BCUT2D eigenvalue weighted by molar-refractivity contribution is 0.441. The molecule has 1 N–H and O–H groups in total. The highest BCUT2D eigenvalue weighted by molar-refractivity contribution is 6.30. The van der Waals surface area contributed by atoms with Gasteiger partial charge in [-0.05, 0) is 42.9 Å². The fraction of sp³-hybridized carbons (Fsp3) is 0.471. The molecular formula is C17H22ClN5. The molecule has 0 amide bonds. The zero-order valence-electron chi connectivity index (χ0n) is 13.4. The molecule has 1 aromatic carbocycles. The second kappa shape index (κ2) is 7.59. The molecule has 1 atom stereocenters. The monoisotopic (exact) mass is 331 g/mol. The smallest absolute Gasteiger partial charge is 0.247 e. The molecule has 0 spiro atoms. The molecule has 2 aromatic rings. The molecule has 0 bridgehead atoms. The van der Waals surface area contributed by atoms with Crippen LogP contribution in [0, 0.1) is 5.92 Å². The van der Waals surface area contributed by atoms with Crippen molar-refractivity contribution in [2.24, 2.45) is 5.92 Å². The van der Waals surface area contributed by atoms with Gasteiger partial charge in [0.05, 0.1) is 6.20 Å². The normalized spacial score (nSPS) is 18.0. The van der Waals surface area contributed by atoms with Crippen LogP contribution in [-0.4, -0.2) is 34.8 Å². The minimum atomic E-state index is 0.689. The molecule has 1 fully saturated rings. The number of hydrogen-bond acceptors (Lipinski definition) is 5. The third kappa shape index (κ3) is 4.55. The van der Waals surface area contributed by atoms with Crippen LogP contribution in [0.5, 0.6) is 0 Å². The minimum Gasteiger partial charge on any atom is -0.368 e. The van der Waals surface area contributed by atoms with Crippen LogP contribution < -0.4 is 10.2 Å². The number of aromatic nitrogens is 3. The van der Waals surface area contributed by atoms with E-state index in [2.05, 4.69) is 32.3 Å². The molecule has 5 nitrogen and oxygen atoms in total. The molecule has 2 heterocycles. The third-order valence-corrected chi connectivity index (χ3v) is 4.37. The molecule has 1 aliphatic heterocycles. The Morgan fingerprint density at radius 2 is 2.13 bits per heavy atom. The molecular weight excluding hydrogens is 310 g/mol. The van der Waals surface area contributed by atoms with Crippen molar-refractivity contribution in [3.05, 3.63) is 41.0 Å². The Hall–Kier alpha value is -1.88.